The average Bonchev–Trinajstić information content (AvgIpc) is 2.89. The van der Waals surface area contributed by atoms with Crippen molar-refractivity contribution in [1.29, 1.82) is 0 Å². The zero-order valence-electron chi connectivity index (χ0n) is 14.3. The van der Waals surface area contributed by atoms with Gasteiger partial charge in [-0.1, -0.05) is 23.2 Å². The molecular weight excluding hydrogens is 379 g/mol. The number of hydrogen-bond donors (Lipinski definition) is 2. The van der Waals surface area contributed by atoms with Gasteiger partial charge in [-0.15, -0.1) is 0 Å². The Kier molecular flexibility index (Phi) is 5.70. The van der Waals surface area contributed by atoms with Gasteiger partial charge in [0.25, 0.3) is 5.91 Å². The zero-order chi connectivity index (χ0) is 18.8. The van der Waals surface area contributed by atoms with Crippen LogP contribution in [0, 0.1) is 0 Å². The number of hydrogen-bond acceptors (Lipinski definition) is 4. The quantitative estimate of drug-likeness (QED) is 0.760. The SMILES string of the molecule is C[C@H]1CNCCN1C(=O)CC[C@H]1NC(=O)N(c2ccc(Cl)c(Cl)c2)C1=O. The number of piperazine rings is 1. The molecule has 0 bridgehead atoms. The molecule has 2 saturated heterocycles. The predicted octanol–water partition coefficient (Wildman–Crippen LogP) is 2.02. The van der Waals surface area contributed by atoms with Crippen molar-refractivity contribution in [2.45, 2.75) is 31.8 Å². The molecule has 1 aromatic rings. The molecule has 2 atom stereocenters. The van der Waals surface area contributed by atoms with E-state index < -0.39 is 18.0 Å². The Morgan fingerprint density at radius 3 is 2.73 bits per heavy atom. The maximum Gasteiger partial charge on any atom is 0.329 e. The van der Waals surface area contributed by atoms with E-state index in [0.717, 1.165) is 18.0 Å². The highest BCUT2D eigenvalue weighted by Gasteiger charge is 2.39. The largest absolute Gasteiger partial charge is 0.337 e. The molecule has 0 aliphatic carbocycles. The smallest absolute Gasteiger partial charge is 0.329 e. The summed E-state index contributed by atoms with van der Waals surface area (Å²) in [6.07, 6.45) is 0.466. The molecule has 2 aliphatic rings. The lowest BCUT2D eigenvalue weighted by Crippen LogP contribution is -2.52. The maximum atomic E-state index is 12.6. The van der Waals surface area contributed by atoms with Crippen molar-refractivity contribution < 1.29 is 14.4 Å². The van der Waals surface area contributed by atoms with E-state index in [1.807, 2.05) is 11.8 Å². The molecular formula is C17H20Cl2N4O3. The minimum absolute atomic E-state index is 0.00552. The van der Waals surface area contributed by atoms with Crippen LogP contribution in [-0.2, 0) is 9.59 Å². The summed E-state index contributed by atoms with van der Waals surface area (Å²) in [4.78, 5) is 40.1. The summed E-state index contributed by atoms with van der Waals surface area (Å²) >= 11 is 11.8. The molecule has 9 heteroatoms. The van der Waals surface area contributed by atoms with Crippen molar-refractivity contribution in [2.75, 3.05) is 24.5 Å². The lowest BCUT2D eigenvalue weighted by Gasteiger charge is -2.34. The lowest BCUT2D eigenvalue weighted by atomic mass is 10.1. The fraction of sp³-hybridized carbons (Fsp3) is 0.471. The van der Waals surface area contributed by atoms with Crippen LogP contribution in [0.3, 0.4) is 0 Å². The molecule has 26 heavy (non-hydrogen) atoms. The maximum absolute atomic E-state index is 12.6. The van der Waals surface area contributed by atoms with Crippen LogP contribution in [-0.4, -0.2) is 54.5 Å². The molecule has 7 nitrogen and oxygen atoms in total. The van der Waals surface area contributed by atoms with E-state index >= 15 is 0 Å². The highest BCUT2D eigenvalue weighted by Crippen LogP contribution is 2.29. The van der Waals surface area contributed by atoms with Gasteiger partial charge >= 0.3 is 6.03 Å². The summed E-state index contributed by atoms with van der Waals surface area (Å²) < 4.78 is 0. The molecule has 0 radical (unpaired) electrons. The van der Waals surface area contributed by atoms with Gasteiger partial charge < -0.3 is 15.5 Å². The lowest BCUT2D eigenvalue weighted by molar-refractivity contribution is -0.134. The monoisotopic (exact) mass is 398 g/mol. The van der Waals surface area contributed by atoms with Gasteiger partial charge in [0.1, 0.15) is 6.04 Å². The van der Waals surface area contributed by atoms with Crippen LogP contribution in [0.5, 0.6) is 0 Å². The van der Waals surface area contributed by atoms with Gasteiger partial charge in [-0.25, -0.2) is 9.69 Å². The van der Waals surface area contributed by atoms with Gasteiger partial charge in [0.15, 0.2) is 0 Å². The molecule has 2 fully saturated rings. The number of benzene rings is 1. The summed E-state index contributed by atoms with van der Waals surface area (Å²) in [5.41, 5.74) is 0.353. The number of imide groups is 1. The summed E-state index contributed by atoms with van der Waals surface area (Å²) in [5.74, 6) is -0.399. The first-order valence-electron chi connectivity index (χ1n) is 8.48. The normalized spacial score (nSPS) is 23.3. The molecule has 3 rings (SSSR count). The molecule has 2 heterocycles. The predicted molar refractivity (Wildman–Crippen MR) is 99.5 cm³/mol. The Balaban J connectivity index is 1.63. The number of amides is 4. The van der Waals surface area contributed by atoms with E-state index in [9.17, 15) is 14.4 Å². The highest BCUT2D eigenvalue weighted by molar-refractivity contribution is 6.42. The van der Waals surface area contributed by atoms with Crippen LogP contribution in [0.1, 0.15) is 19.8 Å². The van der Waals surface area contributed by atoms with Crippen LogP contribution in [0.25, 0.3) is 0 Å². The van der Waals surface area contributed by atoms with Crippen LogP contribution in [0.15, 0.2) is 18.2 Å². The third-order valence-electron chi connectivity index (χ3n) is 4.65. The van der Waals surface area contributed by atoms with Crippen molar-refractivity contribution >= 4 is 46.7 Å². The fourth-order valence-corrected chi connectivity index (χ4v) is 3.51. The van der Waals surface area contributed by atoms with Crippen LogP contribution in [0.4, 0.5) is 10.5 Å². The Labute approximate surface area is 161 Å². The molecule has 2 N–H and O–H groups in total. The second-order valence-electron chi connectivity index (χ2n) is 6.45. The zero-order valence-corrected chi connectivity index (χ0v) is 15.8. The fourth-order valence-electron chi connectivity index (χ4n) is 3.22. The van der Waals surface area contributed by atoms with E-state index in [1.54, 1.807) is 6.07 Å². The number of nitrogens with zero attached hydrogens (tertiary/aromatic N) is 2. The minimum Gasteiger partial charge on any atom is -0.337 e. The first-order valence-corrected chi connectivity index (χ1v) is 9.24. The number of carbonyl (C=O) groups excluding carboxylic acids is 3. The van der Waals surface area contributed by atoms with Gasteiger partial charge in [-0.2, -0.15) is 0 Å². The third-order valence-corrected chi connectivity index (χ3v) is 5.39. The minimum atomic E-state index is -0.723. The van der Waals surface area contributed by atoms with Crippen molar-refractivity contribution in [1.82, 2.24) is 15.5 Å². The van der Waals surface area contributed by atoms with Crippen LogP contribution >= 0.6 is 23.2 Å². The first-order chi connectivity index (χ1) is 12.4. The molecule has 4 amide bonds. The Hall–Kier alpha value is -1.83. The number of halogens is 2. The molecule has 0 spiro atoms. The molecule has 2 aliphatic heterocycles. The Morgan fingerprint density at radius 2 is 2.04 bits per heavy atom. The van der Waals surface area contributed by atoms with E-state index in [1.165, 1.54) is 12.1 Å². The summed E-state index contributed by atoms with van der Waals surface area (Å²) in [6, 6.07) is 3.43. The third kappa shape index (κ3) is 3.79. The van der Waals surface area contributed by atoms with Crippen LogP contribution in [0.2, 0.25) is 10.0 Å². The second-order valence-corrected chi connectivity index (χ2v) is 7.27. The van der Waals surface area contributed by atoms with E-state index in [-0.39, 0.29) is 29.8 Å². The molecule has 1 aromatic carbocycles. The number of anilines is 1. The average molecular weight is 399 g/mol. The molecule has 0 unspecified atom stereocenters. The van der Waals surface area contributed by atoms with Gasteiger partial charge in [-0.05, 0) is 31.5 Å². The van der Waals surface area contributed by atoms with E-state index in [2.05, 4.69) is 10.6 Å². The Morgan fingerprint density at radius 1 is 1.27 bits per heavy atom. The molecule has 0 saturated carbocycles. The summed E-state index contributed by atoms with van der Waals surface area (Å²) in [5, 5.41) is 6.47. The number of rotatable bonds is 4. The number of nitrogens with one attached hydrogen (secondary N) is 2. The van der Waals surface area contributed by atoms with Gasteiger partial charge in [0.05, 0.1) is 15.7 Å². The second kappa shape index (κ2) is 7.82. The first kappa shape index (κ1) is 18.9. The summed E-state index contributed by atoms with van der Waals surface area (Å²) in [7, 11) is 0. The Bertz CT molecular complexity index is 743. The van der Waals surface area contributed by atoms with E-state index in [0.29, 0.717) is 17.3 Å². The topological polar surface area (TPSA) is 81.8 Å². The van der Waals surface area contributed by atoms with Gasteiger partial charge in [-0.3, -0.25) is 9.59 Å². The standard InChI is InChI=1S/C17H20Cl2N4O3/c1-10-9-20-6-7-22(10)15(24)5-4-14-16(25)23(17(26)21-14)11-2-3-12(18)13(19)8-11/h2-3,8,10,14,20H,4-7,9H2,1H3,(H,21,26)/t10-,14+/m0/s1. The van der Waals surface area contributed by atoms with Crippen molar-refractivity contribution in [2.24, 2.45) is 0 Å². The highest BCUT2D eigenvalue weighted by atomic mass is 35.5. The molecule has 140 valence electrons. The molecule has 0 aromatic heterocycles. The van der Waals surface area contributed by atoms with Crippen LogP contribution < -0.4 is 15.5 Å². The van der Waals surface area contributed by atoms with Crippen molar-refractivity contribution in [3.05, 3.63) is 28.2 Å². The number of urea groups is 1. The summed E-state index contributed by atoms with van der Waals surface area (Å²) in [6.45, 7) is 4.16. The van der Waals surface area contributed by atoms with E-state index in [4.69, 9.17) is 23.2 Å². The van der Waals surface area contributed by atoms with Crippen molar-refractivity contribution in [3.63, 3.8) is 0 Å². The van der Waals surface area contributed by atoms with Crippen molar-refractivity contribution in [3.8, 4) is 0 Å². The van der Waals surface area contributed by atoms with Gasteiger partial charge in [0.2, 0.25) is 5.91 Å². The number of carbonyl (C=O) groups is 3. The van der Waals surface area contributed by atoms with Gasteiger partial charge in [0, 0.05) is 32.1 Å².